The molecule has 1 aliphatic rings. The van der Waals surface area contributed by atoms with Crippen LogP contribution in [-0.2, 0) is 0 Å². The van der Waals surface area contributed by atoms with Crippen molar-refractivity contribution in [1.82, 2.24) is 19.6 Å². The Kier molecular flexibility index (Phi) is 7.11. The van der Waals surface area contributed by atoms with Gasteiger partial charge in [-0.1, -0.05) is 36.7 Å². The van der Waals surface area contributed by atoms with Gasteiger partial charge in [0.2, 0.25) is 11.5 Å². The molecule has 14 heteroatoms. The standard InChI is InChI=1S/C25H23F4N5O3P2/c1-36-20-12-33(31-21(22(20)35)18-9-10-30-34(18)15-5-3-2-4-6-15)17-8-7-16(11-19(17)37-23(26)38)32-13-24(27,28)25(29,39)14-32/h2-12,23H,13-14,38-39H2,1H3. The summed E-state index contributed by atoms with van der Waals surface area (Å²) in [6.45, 7) is -1.47. The first kappa shape index (κ1) is 27.1. The first-order chi connectivity index (χ1) is 18.5. The van der Waals surface area contributed by atoms with E-state index in [2.05, 4.69) is 10.2 Å². The molecule has 0 aliphatic carbocycles. The number of methoxy groups -OCH3 is 1. The van der Waals surface area contributed by atoms with E-state index < -0.39 is 35.9 Å². The Morgan fingerprint density at radius 2 is 1.77 bits per heavy atom. The van der Waals surface area contributed by atoms with E-state index in [1.165, 1.54) is 47.1 Å². The second-order valence-electron chi connectivity index (χ2n) is 8.83. The lowest BCUT2D eigenvalue weighted by Crippen LogP contribution is -2.36. The molecule has 1 fully saturated rings. The zero-order chi connectivity index (χ0) is 27.9. The molecule has 1 aliphatic heterocycles. The molecule has 0 saturated carbocycles. The summed E-state index contributed by atoms with van der Waals surface area (Å²) in [6.07, 6.45) is 0.953. The Balaban J connectivity index is 1.63. The van der Waals surface area contributed by atoms with E-state index in [1.54, 1.807) is 15.3 Å². The number of rotatable bonds is 7. The number of benzene rings is 2. The maximum Gasteiger partial charge on any atom is 0.303 e. The summed E-state index contributed by atoms with van der Waals surface area (Å²) in [4.78, 5) is 14.4. The zero-order valence-corrected chi connectivity index (χ0v) is 22.8. The quantitative estimate of drug-likeness (QED) is 0.236. The first-order valence-electron chi connectivity index (χ1n) is 11.6. The molecule has 1 saturated heterocycles. The van der Waals surface area contributed by atoms with Gasteiger partial charge in [-0.25, -0.2) is 22.5 Å². The van der Waals surface area contributed by atoms with Crippen LogP contribution in [0.1, 0.15) is 0 Å². The minimum absolute atomic E-state index is 0.0159. The molecule has 5 rings (SSSR count). The van der Waals surface area contributed by atoms with Crippen LogP contribution in [0.25, 0.3) is 22.8 Å². The molecular formula is C25H23F4N5O3P2. The molecule has 4 aromatic rings. The van der Waals surface area contributed by atoms with Gasteiger partial charge in [-0.2, -0.15) is 14.6 Å². The largest absolute Gasteiger partial charge is 0.491 e. The lowest BCUT2D eigenvalue weighted by Gasteiger charge is -2.21. The van der Waals surface area contributed by atoms with Gasteiger partial charge in [0, 0.05) is 11.8 Å². The highest BCUT2D eigenvalue weighted by atomic mass is 31.0. The third-order valence-electron chi connectivity index (χ3n) is 6.21. The van der Waals surface area contributed by atoms with Crippen LogP contribution in [0.15, 0.2) is 71.8 Å². The lowest BCUT2D eigenvalue weighted by atomic mass is 10.2. The number of para-hydroxylation sites is 1. The third kappa shape index (κ3) is 5.11. The van der Waals surface area contributed by atoms with Gasteiger partial charge in [0.15, 0.2) is 17.2 Å². The summed E-state index contributed by atoms with van der Waals surface area (Å²) >= 11 is 0. The molecule has 0 amide bonds. The fourth-order valence-corrected chi connectivity index (χ4v) is 4.73. The molecule has 2 aromatic heterocycles. The van der Waals surface area contributed by atoms with Crippen molar-refractivity contribution in [3.8, 4) is 34.3 Å². The molecule has 2 aromatic carbocycles. The maximum absolute atomic E-state index is 14.4. The van der Waals surface area contributed by atoms with Crippen LogP contribution < -0.4 is 19.8 Å². The molecule has 0 radical (unpaired) electrons. The Morgan fingerprint density at radius 1 is 1.03 bits per heavy atom. The number of alkyl halides is 4. The summed E-state index contributed by atoms with van der Waals surface area (Å²) in [5.74, 6) is -3.76. The normalized spacial score (nSPS) is 19.2. The van der Waals surface area contributed by atoms with Gasteiger partial charge in [0.05, 0.1) is 44.0 Å². The Labute approximate surface area is 224 Å². The highest BCUT2D eigenvalue weighted by Crippen LogP contribution is 2.46. The van der Waals surface area contributed by atoms with Crippen molar-refractivity contribution in [2.45, 2.75) is 17.4 Å². The topological polar surface area (TPSA) is 74.4 Å². The summed E-state index contributed by atoms with van der Waals surface area (Å²) in [5.41, 5.74) is 0.891. The van der Waals surface area contributed by atoms with Gasteiger partial charge in [0.25, 0.3) is 5.43 Å². The van der Waals surface area contributed by atoms with Crippen molar-refractivity contribution < 1.29 is 27.0 Å². The average molecular weight is 579 g/mol. The van der Waals surface area contributed by atoms with E-state index in [0.29, 0.717) is 11.4 Å². The molecule has 204 valence electrons. The molecule has 0 bridgehead atoms. The fourth-order valence-electron chi connectivity index (χ4n) is 4.27. The molecule has 4 atom stereocenters. The van der Waals surface area contributed by atoms with Crippen molar-refractivity contribution in [3.63, 3.8) is 0 Å². The first-order valence-corrected chi connectivity index (χ1v) is 12.8. The molecule has 39 heavy (non-hydrogen) atoms. The molecular weight excluding hydrogens is 556 g/mol. The predicted octanol–water partition coefficient (Wildman–Crippen LogP) is 4.60. The SMILES string of the molecule is COc1cn(-c2ccc(N3CC(F)(F)C(F)(P)C3)cc2OC(F)P)nc(-c2ccnn2-c2ccccc2)c1=O. The number of nitrogens with zero attached hydrogens (tertiary/aromatic N) is 5. The number of anilines is 1. The van der Waals surface area contributed by atoms with Gasteiger partial charge in [-0.15, -0.1) is 0 Å². The Morgan fingerprint density at radius 3 is 2.41 bits per heavy atom. The number of hydrogen-bond donors (Lipinski definition) is 0. The predicted molar refractivity (Wildman–Crippen MR) is 145 cm³/mol. The van der Waals surface area contributed by atoms with Crippen LogP contribution in [0.5, 0.6) is 11.5 Å². The minimum atomic E-state index is -3.61. The second kappa shape index (κ2) is 10.2. The van der Waals surface area contributed by atoms with E-state index >= 15 is 0 Å². The Bertz CT molecular complexity index is 1550. The van der Waals surface area contributed by atoms with Gasteiger partial charge in [-0.05, 0) is 30.3 Å². The molecule has 8 nitrogen and oxygen atoms in total. The third-order valence-corrected chi connectivity index (χ3v) is 6.95. The van der Waals surface area contributed by atoms with Crippen LogP contribution in [-0.4, -0.2) is 57.2 Å². The van der Waals surface area contributed by atoms with E-state index in [4.69, 9.17) is 9.47 Å². The van der Waals surface area contributed by atoms with E-state index in [0.717, 1.165) is 4.90 Å². The fraction of sp³-hybridized carbons (Fsp3) is 0.240. The number of hydrogen-bond acceptors (Lipinski definition) is 6. The second-order valence-corrected chi connectivity index (χ2v) is 10.3. The van der Waals surface area contributed by atoms with Crippen LogP contribution in [0.4, 0.5) is 23.2 Å². The molecule has 0 N–H and O–H groups in total. The maximum atomic E-state index is 14.4. The van der Waals surface area contributed by atoms with E-state index in [1.807, 2.05) is 39.6 Å². The van der Waals surface area contributed by atoms with E-state index in [-0.39, 0.29) is 28.6 Å². The summed E-state index contributed by atoms with van der Waals surface area (Å²) < 4.78 is 70.2. The van der Waals surface area contributed by atoms with Gasteiger partial charge in [0.1, 0.15) is 5.69 Å². The van der Waals surface area contributed by atoms with Gasteiger partial charge >= 0.3 is 5.92 Å². The van der Waals surface area contributed by atoms with Crippen LogP contribution in [0, 0.1) is 0 Å². The van der Waals surface area contributed by atoms with Gasteiger partial charge in [-0.3, -0.25) is 4.79 Å². The number of ether oxygens (including phenoxy) is 2. The summed E-state index contributed by atoms with van der Waals surface area (Å²) in [7, 11) is 4.72. The van der Waals surface area contributed by atoms with E-state index in [9.17, 15) is 22.4 Å². The summed E-state index contributed by atoms with van der Waals surface area (Å²) in [5, 5.41) is 5.97. The van der Waals surface area contributed by atoms with Crippen molar-refractivity contribution in [3.05, 3.63) is 77.2 Å². The lowest BCUT2D eigenvalue weighted by molar-refractivity contribution is -0.0530. The average Bonchev–Trinajstić information content (AvgIpc) is 3.46. The van der Waals surface area contributed by atoms with Crippen molar-refractivity contribution in [1.29, 1.82) is 0 Å². The zero-order valence-electron chi connectivity index (χ0n) is 20.5. The smallest absolute Gasteiger partial charge is 0.303 e. The number of halogens is 4. The molecule has 0 spiro atoms. The van der Waals surface area contributed by atoms with Crippen molar-refractivity contribution in [2.75, 3.05) is 25.1 Å². The Hall–Kier alpha value is -3.49. The molecule has 3 heterocycles. The monoisotopic (exact) mass is 579 g/mol. The highest BCUT2D eigenvalue weighted by molar-refractivity contribution is 7.19. The van der Waals surface area contributed by atoms with Crippen LogP contribution in [0.3, 0.4) is 0 Å². The van der Waals surface area contributed by atoms with Crippen molar-refractivity contribution in [2.24, 2.45) is 0 Å². The highest BCUT2D eigenvalue weighted by Gasteiger charge is 2.58. The van der Waals surface area contributed by atoms with Gasteiger partial charge < -0.3 is 14.4 Å². The van der Waals surface area contributed by atoms with Crippen LogP contribution >= 0.6 is 18.5 Å². The number of aromatic nitrogens is 4. The van der Waals surface area contributed by atoms with Crippen LogP contribution in [0.2, 0.25) is 0 Å². The summed E-state index contributed by atoms with van der Waals surface area (Å²) in [6, 6.07) is 14.9. The minimum Gasteiger partial charge on any atom is -0.491 e. The molecule has 4 unspecified atom stereocenters. The van der Waals surface area contributed by atoms with Crippen molar-refractivity contribution >= 4 is 24.2 Å².